The van der Waals surface area contributed by atoms with Gasteiger partial charge in [-0.05, 0) is 19.9 Å². The summed E-state index contributed by atoms with van der Waals surface area (Å²) < 4.78 is 0. The summed E-state index contributed by atoms with van der Waals surface area (Å²) in [5, 5.41) is 13.5. The van der Waals surface area contributed by atoms with E-state index in [9.17, 15) is 14.9 Å². The van der Waals surface area contributed by atoms with Crippen molar-refractivity contribution in [1.29, 1.82) is 0 Å². The Labute approximate surface area is 105 Å². The molecular formula is C13H14N2O3. The van der Waals surface area contributed by atoms with Crippen molar-refractivity contribution in [3.8, 4) is 12.3 Å². The molecule has 0 spiro atoms. The number of hydrogen-bond acceptors (Lipinski definition) is 3. The second-order valence-corrected chi connectivity index (χ2v) is 3.99. The molecule has 18 heavy (non-hydrogen) atoms. The predicted octanol–water partition coefficient (Wildman–Crippen LogP) is 2.04. The van der Waals surface area contributed by atoms with Crippen LogP contribution in [0.5, 0.6) is 0 Å². The first-order valence-electron chi connectivity index (χ1n) is 5.45. The van der Waals surface area contributed by atoms with Crippen LogP contribution < -0.4 is 5.32 Å². The van der Waals surface area contributed by atoms with Crippen molar-refractivity contribution >= 4 is 11.6 Å². The normalized spacial score (nSPS) is 11.4. The molecule has 94 valence electrons. The van der Waals surface area contributed by atoms with Gasteiger partial charge >= 0.3 is 0 Å². The van der Waals surface area contributed by atoms with Crippen LogP contribution in [0.1, 0.15) is 29.3 Å². The zero-order valence-electron chi connectivity index (χ0n) is 10.3. The number of hydrogen-bond donors (Lipinski definition) is 1. The lowest BCUT2D eigenvalue weighted by Gasteiger charge is -2.12. The third-order valence-corrected chi connectivity index (χ3v) is 2.55. The number of carbonyl (C=O) groups excluding carboxylic acids is 1. The van der Waals surface area contributed by atoms with Gasteiger partial charge in [-0.1, -0.05) is 6.07 Å². The summed E-state index contributed by atoms with van der Waals surface area (Å²) in [5.74, 6) is 2.10. The van der Waals surface area contributed by atoms with Crippen molar-refractivity contribution in [3.05, 3.63) is 39.4 Å². The highest BCUT2D eigenvalue weighted by molar-refractivity contribution is 5.96. The van der Waals surface area contributed by atoms with Crippen molar-refractivity contribution in [2.45, 2.75) is 26.3 Å². The summed E-state index contributed by atoms with van der Waals surface area (Å²) in [6.45, 7) is 3.34. The first-order valence-corrected chi connectivity index (χ1v) is 5.45. The van der Waals surface area contributed by atoms with E-state index in [0.29, 0.717) is 17.5 Å². The fourth-order valence-corrected chi connectivity index (χ4v) is 1.60. The topological polar surface area (TPSA) is 72.2 Å². The predicted molar refractivity (Wildman–Crippen MR) is 68.2 cm³/mol. The fourth-order valence-electron chi connectivity index (χ4n) is 1.60. The van der Waals surface area contributed by atoms with Gasteiger partial charge in [0.2, 0.25) is 0 Å². The maximum atomic E-state index is 11.9. The SMILES string of the molecule is C#CCC(C)NC(=O)c1cccc([N+](=O)[O-])c1C. The number of nitro groups is 1. The van der Waals surface area contributed by atoms with E-state index in [1.54, 1.807) is 19.9 Å². The van der Waals surface area contributed by atoms with Crippen LogP contribution in [0.15, 0.2) is 18.2 Å². The highest BCUT2D eigenvalue weighted by Crippen LogP contribution is 2.21. The first kappa shape index (κ1) is 13.7. The van der Waals surface area contributed by atoms with Gasteiger partial charge in [0.1, 0.15) is 0 Å². The number of nitrogens with zero attached hydrogens (tertiary/aromatic N) is 1. The molecule has 1 rings (SSSR count). The van der Waals surface area contributed by atoms with Gasteiger partial charge in [0.25, 0.3) is 11.6 Å². The molecule has 5 heteroatoms. The highest BCUT2D eigenvalue weighted by Gasteiger charge is 2.18. The summed E-state index contributed by atoms with van der Waals surface area (Å²) in [6.07, 6.45) is 5.56. The van der Waals surface area contributed by atoms with Crippen molar-refractivity contribution < 1.29 is 9.72 Å². The lowest BCUT2D eigenvalue weighted by Crippen LogP contribution is -2.32. The van der Waals surface area contributed by atoms with E-state index < -0.39 is 4.92 Å². The van der Waals surface area contributed by atoms with Crippen molar-refractivity contribution in [3.63, 3.8) is 0 Å². The minimum atomic E-state index is -0.503. The number of nitro benzene ring substituents is 1. The highest BCUT2D eigenvalue weighted by atomic mass is 16.6. The Bertz CT molecular complexity index is 517. The second-order valence-electron chi connectivity index (χ2n) is 3.99. The molecule has 0 saturated carbocycles. The Morgan fingerprint density at radius 1 is 1.61 bits per heavy atom. The van der Waals surface area contributed by atoms with Gasteiger partial charge in [-0.25, -0.2) is 0 Å². The van der Waals surface area contributed by atoms with Crippen LogP contribution in [-0.2, 0) is 0 Å². The van der Waals surface area contributed by atoms with E-state index in [0.717, 1.165) is 0 Å². The molecule has 0 bridgehead atoms. The minimum Gasteiger partial charge on any atom is -0.349 e. The molecule has 1 unspecified atom stereocenters. The van der Waals surface area contributed by atoms with Crippen LogP contribution in [0, 0.1) is 29.4 Å². The largest absolute Gasteiger partial charge is 0.349 e. The van der Waals surface area contributed by atoms with E-state index in [2.05, 4.69) is 11.2 Å². The van der Waals surface area contributed by atoms with Gasteiger partial charge in [0, 0.05) is 29.7 Å². The third kappa shape index (κ3) is 3.08. The second kappa shape index (κ2) is 5.82. The molecule has 0 aliphatic rings. The molecule has 0 aliphatic carbocycles. The van der Waals surface area contributed by atoms with Crippen molar-refractivity contribution in [2.75, 3.05) is 0 Å². The van der Waals surface area contributed by atoms with E-state index in [1.807, 2.05) is 0 Å². The number of carbonyl (C=O) groups is 1. The number of rotatable bonds is 4. The third-order valence-electron chi connectivity index (χ3n) is 2.55. The summed E-state index contributed by atoms with van der Waals surface area (Å²) in [6, 6.07) is 4.25. The van der Waals surface area contributed by atoms with Crippen LogP contribution >= 0.6 is 0 Å². The van der Waals surface area contributed by atoms with Crippen LogP contribution in [0.4, 0.5) is 5.69 Å². The van der Waals surface area contributed by atoms with Gasteiger partial charge in [-0.15, -0.1) is 12.3 Å². The molecule has 0 radical (unpaired) electrons. The average molecular weight is 246 g/mol. The Hall–Kier alpha value is -2.35. The van der Waals surface area contributed by atoms with E-state index in [1.165, 1.54) is 12.1 Å². The van der Waals surface area contributed by atoms with Gasteiger partial charge in [-0.2, -0.15) is 0 Å². The molecule has 1 aromatic carbocycles. The molecule has 0 aromatic heterocycles. The number of amides is 1. The summed E-state index contributed by atoms with van der Waals surface area (Å²) in [5.41, 5.74) is 0.591. The molecule has 1 amide bonds. The molecular weight excluding hydrogens is 232 g/mol. The van der Waals surface area contributed by atoms with Gasteiger partial charge in [0.15, 0.2) is 0 Å². The Kier molecular flexibility index (Phi) is 4.44. The zero-order chi connectivity index (χ0) is 13.7. The first-order chi connectivity index (χ1) is 8.47. The van der Waals surface area contributed by atoms with Gasteiger partial charge in [-0.3, -0.25) is 14.9 Å². The van der Waals surface area contributed by atoms with Crippen molar-refractivity contribution in [2.24, 2.45) is 0 Å². The van der Waals surface area contributed by atoms with Crippen LogP contribution in [0.3, 0.4) is 0 Å². The monoisotopic (exact) mass is 246 g/mol. The van der Waals surface area contributed by atoms with Crippen LogP contribution in [-0.4, -0.2) is 16.9 Å². The quantitative estimate of drug-likeness (QED) is 0.502. The van der Waals surface area contributed by atoms with Gasteiger partial charge < -0.3 is 5.32 Å². The standard InChI is InChI=1S/C13H14N2O3/c1-4-6-9(2)14-13(16)11-7-5-8-12(10(11)3)15(17)18/h1,5,7-9H,6H2,2-3H3,(H,14,16). The number of terminal acetylenes is 1. The Morgan fingerprint density at radius 2 is 2.28 bits per heavy atom. The van der Waals surface area contributed by atoms with Gasteiger partial charge in [0.05, 0.1) is 4.92 Å². The van der Waals surface area contributed by atoms with Crippen molar-refractivity contribution in [1.82, 2.24) is 5.32 Å². The molecule has 0 aliphatic heterocycles. The summed E-state index contributed by atoms with van der Waals surface area (Å²) in [4.78, 5) is 22.2. The molecule has 1 atom stereocenters. The van der Waals surface area contributed by atoms with Crippen LogP contribution in [0.25, 0.3) is 0 Å². The minimum absolute atomic E-state index is 0.0627. The lowest BCUT2D eigenvalue weighted by molar-refractivity contribution is -0.385. The van der Waals surface area contributed by atoms with E-state index in [4.69, 9.17) is 6.42 Å². The summed E-state index contributed by atoms with van der Waals surface area (Å²) >= 11 is 0. The molecule has 5 nitrogen and oxygen atoms in total. The molecule has 1 aromatic rings. The fraction of sp³-hybridized carbons (Fsp3) is 0.308. The zero-order valence-corrected chi connectivity index (χ0v) is 10.3. The smallest absolute Gasteiger partial charge is 0.273 e. The molecule has 1 N–H and O–H groups in total. The molecule has 0 saturated heterocycles. The molecule has 0 fully saturated rings. The lowest BCUT2D eigenvalue weighted by atomic mass is 10.1. The Balaban J connectivity index is 2.97. The number of benzene rings is 1. The molecule has 0 heterocycles. The number of nitrogens with one attached hydrogen (secondary N) is 1. The average Bonchev–Trinajstić information content (AvgIpc) is 2.28. The Morgan fingerprint density at radius 3 is 2.83 bits per heavy atom. The summed E-state index contributed by atoms with van der Waals surface area (Å²) in [7, 11) is 0. The maximum Gasteiger partial charge on any atom is 0.273 e. The van der Waals surface area contributed by atoms with Crippen LogP contribution in [0.2, 0.25) is 0 Å². The van der Waals surface area contributed by atoms with E-state index in [-0.39, 0.29) is 17.6 Å². The van der Waals surface area contributed by atoms with E-state index >= 15 is 0 Å². The maximum absolute atomic E-state index is 11.9.